The van der Waals surface area contributed by atoms with Crippen LogP contribution in [0.3, 0.4) is 0 Å². The van der Waals surface area contributed by atoms with Gasteiger partial charge in [0.25, 0.3) is 0 Å². The molecule has 0 radical (unpaired) electrons. The fraction of sp³-hybridized carbons (Fsp3) is 0.769. The van der Waals surface area contributed by atoms with Crippen LogP contribution in [0, 0.1) is 5.92 Å². The summed E-state index contributed by atoms with van der Waals surface area (Å²) < 4.78 is 0. The zero-order valence-electron chi connectivity index (χ0n) is 11.5. The van der Waals surface area contributed by atoms with Crippen LogP contribution in [0.5, 0.6) is 0 Å². The second-order valence-corrected chi connectivity index (χ2v) is 5.66. The maximum atomic E-state index is 11.9. The van der Waals surface area contributed by atoms with Gasteiger partial charge in [-0.3, -0.25) is 14.4 Å². The summed E-state index contributed by atoms with van der Waals surface area (Å²) in [5.74, 6) is -0.446. The van der Waals surface area contributed by atoms with E-state index in [0.717, 1.165) is 25.7 Å². The molecular weight excluding hydrogens is 260 g/mol. The minimum atomic E-state index is -0.890. The SMILES string of the molecule is NC(=O)CC(N)C(=O)NC1CCN(C(=O)C2CC2)CC1. The first-order chi connectivity index (χ1) is 9.47. The quantitative estimate of drug-likeness (QED) is 0.581. The summed E-state index contributed by atoms with van der Waals surface area (Å²) in [5, 5.41) is 2.82. The van der Waals surface area contributed by atoms with Crippen LogP contribution in [0.1, 0.15) is 32.1 Å². The number of amides is 3. The van der Waals surface area contributed by atoms with Gasteiger partial charge in [0.1, 0.15) is 0 Å². The third-order valence-electron chi connectivity index (χ3n) is 3.84. The number of carbonyl (C=O) groups is 3. The van der Waals surface area contributed by atoms with Crippen molar-refractivity contribution in [3.63, 3.8) is 0 Å². The minimum absolute atomic E-state index is 0.0182. The van der Waals surface area contributed by atoms with E-state index in [0.29, 0.717) is 13.1 Å². The third-order valence-corrected chi connectivity index (χ3v) is 3.84. The Bertz CT molecular complexity index is 400. The Labute approximate surface area is 118 Å². The van der Waals surface area contributed by atoms with Gasteiger partial charge in [-0.05, 0) is 25.7 Å². The highest BCUT2D eigenvalue weighted by atomic mass is 16.2. The summed E-state index contributed by atoms with van der Waals surface area (Å²) in [6.45, 7) is 1.34. The van der Waals surface area contributed by atoms with Crippen molar-refractivity contribution in [3.05, 3.63) is 0 Å². The second kappa shape index (κ2) is 6.21. The van der Waals surface area contributed by atoms with Gasteiger partial charge in [-0.2, -0.15) is 0 Å². The molecule has 112 valence electrons. The minimum Gasteiger partial charge on any atom is -0.370 e. The fourth-order valence-corrected chi connectivity index (χ4v) is 2.45. The van der Waals surface area contributed by atoms with Crippen LogP contribution in [0.2, 0.25) is 0 Å². The zero-order chi connectivity index (χ0) is 14.7. The number of rotatable bonds is 5. The molecule has 0 aromatic carbocycles. The number of primary amides is 1. The normalized spacial score (nSPS) is 21.4. The van der Waals surface area contributed by atoms with Crippen LogP contribution >= 0.6 is 0 Å². The molecule has 1 heterocycles. The Morgan fingerprint density at radius 3 is 2.25 bits per heavy atom. The van der Waals surface area contributed by atoms with E-state index in [1.165, 1.54) is 0 Å². The van der Waals surface area contributed by atoms with Crippen LogP contribution in [-0.2, 0) is 14.4 Å². The molecule has 3 amide bonds. The van der Waals surface area contributed by atoms with Gasteiger partial charge in [-0.15, -0.1) is 0 Å². The van der Waals surface area contributed by atoms with Crippen LogP contribution in [-0.4, -0.2) is 47.8 Å². The van der Waals surface area contributed by atoms with Gasteiger partial charge in [-0.25, -0.2) is 0 Å². The molecule has 0 aromatic heterocycles. The topological polar surface area (TPSA) is 119 Å². The van der Waals surface area contributed by atoms with E-state index >= 15 is 0 Å². The largest absolute Gasteiger partial charge is 0.370 e. The number of nitrogens with one attached hydrogen (secondary N) is 1. The Morgan fingerprint density at radius 2 is 1.75 bits per heavy atom. The highest BCUT2D eigenvalue weighted by Crippen LogP contribution is 2.31. The summed E-state index contributed by atoms with van der Waals surface area (Å²) >= 11 is 0. The molecule has 7 nitrogen and oxygen atoms in total. The molecule has 7 heteroatoms. The van der Waals surface area contributed by atoms with Crippen molar-refractivity contribution in [2.75, 3.05) is 13.1 Å². The summed E-state index contributed by atoms with van der Waals surface area (Å²) in [7, 11) is 0. The van der Waals surface area contributed by atoms with Crippen molar-refractivity contribution in [2.24, 2.45) is 17.4 Å². The fourth-order valence-electron chi connectivity index (χ4n) is 2.45. The van der Waals surface area contributed by atoms with Gasteiger partial charge in [0.05, 0.1) is 12.5 Å². The van der Waals surface area contributed by atoms with Gasteiger partial charge in [-0.1, -0.05) is 0 Å². The Balaban J connectivity index is 1.72. The lowest BCUT2D eigenvalue weighted by atomic mass is 10.0. The van der Waals surface area contributed by atoms with Crippen molar-refractivity contribution >= 4 is 17.7 Å². The van der Waals surface area contributed by atoms with Crippen LogP contribution in [0.15, 0.2) is 0 Å². The molecule has 5 N–H and O–H groups in total. The van der Waals surface area contributed by atoms with Gasteiger partial charge in [0, 0.05) is 25.0 Å². The van der Waals surface area contributed by atoms with Gasteiger partial charge < -0.3 is 21.7 Å². The standard InChI is InChI=1S/C13H22N4O3/c14-10(7-11(15)18)12(19)16-9-3-5-17(6-4-9)13(20)8-1-2-8/h8-10H,1-7,14H2,(H2,15,18)(H,16,19). The maximum absolute atomic E-state index is 11.9. The molecule has 1 aliphatic carbocycles. The average Bonchev–Trinajstić information content (AvgIpc) is 3.22. The van der Waals surface area contributed by atoms with Crippen molar-refractivity contribution in [2.45, 2.75) is 44.2 Å². The lowest BCUT2D eigenvalue weighted by Crippen LogP contribution is -2.51. The smallest absolute Gasteiger partial charge is 0.237 e. The number of nitrogens with two attached hydrogens (primary N) is 2. The number of hydrogen-bond donors (Lipinski definition) is 3. The molecule has 1 saturated carbocycles. The Morgan fingerprint density at radius 1 is 1.15 bits per heavy atom. The first-order valence-corrected chi connectivity index (χ1v) is 7.10. The summed E-state index contributed by atoms with van der Waals surface area (Å²) in [6, 6.07) is -0.872. The highest BCUT2D eigenvalue weighted by molar-refractivity contribution is 5.87. The van der Waals surface area contributed by atoms with Crippen molar-refractivity contribution in [1.29, 1.82) is 0 Å². The number of carbonyl (C=O) groups excluding carboxylic acids is 3. The summed E-state index contributed by atoms with van der Waals surface area (Å²) in [6.07, 6.45) is 3.33. The van der Waals surface area contributed by atoms with E-state index in [4.69, 9.17) is 11.5 Å². The predicted molar refractivity (Wildman–Crippen MR) is 72.3 cm³/mol. The summed E-state index contributed by atoms with van der Waals surface area (Å²) in [4.78, 5) is 36.2. The van der Waals surface area contributed by atoms with Crippen LogP contribution in [0.25, 0.3) is 0 Å². The lowest BCUT2D eigenvalue weighted by Gasteiger charge is -2.33. The van der Waals surface area contributed by atoms with Crippen molar-refractivity contribution in [3.8, 4) is 0 Å². The van der Waals surface area contributed by atoms with Crippen LogP contribution < -0.4 is 16.8 Å². The van der Waals surface area contributed by atoms with Gasteiger partial charge in [0.2, 0.25) is 17.7 Å². The molecule has 2 fully saturated rings. The van der Waals surface area contributed by atoms with Crippen molar-refractivity contribution in [1.82, 2.24) is 10.2 Å². The molecule has 0 aromatic rings. The maximum Gasteiger partial charge on any atom is 0.237 e. The van der Waals surface area contributed by atoms with E-state index in [-0.39, 0.29) is 30.2 Å². The van der Waals surface area contributed by atoms with E-state index in [1.807, 2.05) is 4.90 Å². The zero-order valence-corrected chi connectivity index (χ0v) is 11.5. The highest BCUT2D eigenvalue weighted by Gasteiger charge is 2.35. The molecule has 2 aliphatic rings. The number of piperidine rings is 1. The van der Waals surface area contributed by atoms with Crippen molar-refractivity contribution < 1.29 is 14.4 Å². The number of hydrogen-bond acceptors (Lipinski definition) is 4. The molecule has 20 heavy (non-hydrogen) atoms. The Kier molecular flexibility index (Phi) is 4.59. The lowest BCUT2D eigenvalue weighted by molar-refractivity contribution is -0.134. The van der Waals surface area contributed by atoms with Gasteiger partial charge >= 0.3 is 0 Å². The third kappa shape index (κ3) is 3.93. The van der Waals surface area contributed by atoms with E-state index in [2.05, 4.69) is 5.32 Å². The van der Waals surface area contributed by atoms with Gasteiger partial charge in [0.15, 0.2) is 0 Å². The molecular formula is C13H22N4O3. The molecule has 0 spiro atoms. The van der Waals surface area contributed by atoms with Crippen LogP contribution in [0.4, 0.5) is 0 Å². The Hall–Kier alpha value is -1.63. The second-order valence-electron chi connectivity index (χ2n) is 5.66. The summed E-state index contributed by atoms with van der Waals surface area (Å²) in [5.41, 5.74) is 10.6. The van der Waals surface area contributed by atoms with E-state index in [9.17, 15) is 14.4 Å². The van der Waals surface area contributed by atoms with E-state index in [1.54, 1.807) is 0 Å². The molecule has 1 aliphatic heterocycles. The predicted octanol–water partition coefficient (Wildman–Crippen LogP) is -1.29. The number of nitrogens with zero attached hydrogens (tertiary/aromatic N) is 1. The molecule has 1 unspecified atom stereocenters. The van der Waals surface area contributed by atoms with E-state index < -0.39 is 11.9 Å². The number of likely N-dealkylation sites (tertiary alicyclic amines) is 1. The average molecular weight is 282 g/mol. The monoisotopic (exact) mass is 282 g/mol. The molecule has 0 bridgehead atoms. The first kappa shape index (κ1) is 14.8. The first-order valence-electron chi connectivity index (χ1n) is 7.10. The molecule has 1 saturated heterocycles. The molecule has 2 rings (SSSR count). The molecule has 1 atom stereocenters.